The second kappa shape index (κ2) is 8.94. The standard InChI is InChI=1S/C25H32N2O2S/c1-3-4-5-6-20-8-10-22(11-9-20)30(28,29)27-15-13-21(14-16-27)24-18-26-25-12-7-19(2)17-23(24)25/h7-12,17-18,21,26H,3-6,13-16H2,1-2H3. The van der Waals surface area contributed by atoms with Crippen molar-refractivity contribution >= 4 is 20.9 Å². The molecule has 1 aromatic heterocycles. The Morgan fingerprint density at radius 3 is 2.47 bits per heavy atom. The van der Waals surface area contributed by atoms with E-state index in [1.54, 1.807) is 16.4 Å². The number of aromatic nitrogens is 1. The monoisotopic (exact) mass is 424 g/mol. The van der Waals surface area contributed by atoms with Crippen molar-refractivity contribution in [2.75, 3.05) is 13.1 Å². The summed E-state index contributed by atoms with van der Waals surface area (Å²) in [5, 5.41) is 1.27. The van der Waals surface area contributed by atoms with Crippen LogP contribution in [-0.2, 0) is 16.4 Å². The summed E-state index contributed by atoms with van der Waals surface area (Å²) < 4.78 is 27.9. The molecular formula is C25H32N2O2S. The fourth-order valence-electron chi connectivity index (χ4n) is 4.56. The molecule has 3 aromatic rings. The van der Waals surface area contributed by atoms with E-state index in [0.29, 0.717) is 23.9 Å². The Kier molecular flexibility index (Phi) is 6.30. The molecule has 160 valence electrons. The first kappa shape index (κ1) is 21.1. The summed E-state index contributed by atoms with van der Waals surface area (Å²) in [5.74, 6) is 0.396. The van der Waals surface area contributed by atoms with E-state index < -0.39 is 10.0 Å². The highest BCUT2D eigenvalue weighted by atomic mass is 32.2. The van der Waals surface area contributed by atoms with E-state index in [1.807, 2.05) is 12.1 Å². The molecule has 1 N–H and O–H groups in total. The number of fused-ring (bicyclic) bond motifs is 1. The van der Waals surface area contributed by atoms with Gasteiger partial charge in [-0.3, -0.25) is 0 Å². The van der Waals surface area contributed by atoms with E-state index in [4.69, 9.17) is 0 Å². The third-order valence-electron chi connectivity index (χ3n) is 6.39. The van der Waals surface area contributed by atoms with Crippen LogP contribution in [-0.4, -0.2) is 30.8 Å². The van der Waals surface area contributed by atoms with Crippen LogP contribution in [0.25, 0.3) is 10.9 Å². The highest BCUT2D eigenvalue weighted by Crippen LogP contribution is 2.35. The van der Waals surface area contributed by atoms with E-state index in [2.05, 4.69) is 43.2 Å². The molecule has 30 heavy (non-hydrogen) atoms. The first-order chi connectivity index (χ1) is 14.5. The molecule has 1 aliphatic rings. The minimum absolute atomic E-state index is 0.396. The second-order valence-electron chi connectivity index (χ2n) is 8.57. The second-order valence-corrected chi connectivity index (χ2v) is 10.5. The lowest BCUT2D eigenvalue weighted by Gasteiger charge is -2.31. The van der Waals surface area contributed by atoms with E-state index in [9.17, 15) is 8.42 Å². The zero-order valence-corrected chi connectivity index (χ0v) is 18.8. The van der Waals surface area contributed by atoms with Gasteiger partial charge in [0.05, 0.1) is 4.90 Å². The average molecular weight is 425 g/mol. The maximum atomic E-state index is 13.1. The van der Waals surface area contributed by atoms with Crippen molar-refractivity contribution in [2.24, 2.45) is 0 Å². The molecule has 0 atom stereocenters. The van der Waals surface area contributed by atoms with Crippen molar-refractivity contribution in [1.82, 2.24) is 9.29 Å². The number of aryl methyl sites for hydroxylation is 2. The summed E-state index contributed by atoms with van der Waals surface area (Å²) in [5.41, 5.74) is 4.95. The van der Waals surface area contributed by atoms with Crippen LogP contribution in [0.4, 0.5) is 0 Å². The smallest absolute Gasteiger partial charge is 0.243 e. The molecule has 2 aromatic carbocycles. The quantitative estimate of drug-likeness (QED) is 0.489. The van der Waals surface area contributed by atoms with Crippen LogP contribution in [0, 0.1) is 6.92 Å². The Hall–Kier alpha value is -2.11. The van der Waals surface area contributed by atoms with E-state index in [1.165, 1.54) is 34.9 Å². The highest BCUT2D eigenvalue weighted by molar-refractivity contribution is 7.89. The number of nitrogens with one attached hydrogen (secondary N) is 1. The zero-order valence-electron chi connectivity index (χ0n) is 18.0. The molecule has 0 bridgehead atoms. The first-order valence-corrected chi connectivity index (χ1v) is 12.6. The molecule has 0 amide bonds. The Labute approximate surface area is 180 Å². The topological polar surface area (TPSA) is 53.2 Å². The number of sulfonamides is 1. The number of piperidine rings is 1. The molecule has 1 saturated heterocycles. The molecule has 4 nitrogen and oxygen atoms in total. The van der Waals surface area contributed by atoms with E-state index in [0.717, 1.165) is 31.2 Å². The minimum Gasteiger partial charge on any atom is -0.361 e. The molecule has 0 unspecified atom stereocenters. The molecule has 1 aliphatic heterocycles. The zero-order chi connectivity index (χ0) is 21.1. The van der Waals surface area contributed by atoms with Gasteiger partial charge in [0.15, 0.2) is 0 Å². The minimum atomic E-state index is -3.42. The lowest BCUT2D eigenvalue weighted by Crippen LogP contribution is -2.37. The third kappa shape index (κ3) is 4.33. The Morgan fingerprint density at radius 2 is 1.77 bits per heavy atom. The molecule has 2 heterocycles. The third-order valence-corrected chi connectivity index (χ3v) is 8.31. The number of unbranched alkanes of at least 4 members (excludes halogenated alkanes) is 2. The van der Waals surface area contributed by atoms with E-state index in [-0.39, 0.29) is 0 Å². The van der Waals surface area contributed by atoms with Gasteiger partial charge >= 0.3 is 0 Å². The molecule has 1 fully saturated rings. The van der Waals surface area contributed by atoms with Gasteiger partial charge in [0.1, 0.15) is 0 Å². The summed E-state index contributed by atoms with van der Waals surface area (Å²) in [6, 6.07) is 14.0. The Bertz CT molecular complexity index is 1090. The molecule has 5 heteroatoms. The lowest BCUT2D eigenvalue weighted by atomic mass is 9.90. The summed E-state index contributed by atoms with van der Waals surface area (Å²) in [6.45, 7) is 5.45. The average Bonchev–Trinajstić information content (AvgIpc) is 3.17. The van der Waals surface area contributed by atoms with Crippen LogP contribution in [0.1, 0.15) is 61.6 Å². The molecule has 4 rings (SSSR count). The number of H-pyrrole nitrogens is 1. The van der Waals surface area contributed by atoms with Gasteiger partial charge < -0.3 is 4.98 Å². The van der Waals surface area contributed by atoms with Crippen LogP contribution in [0.2, 0.25) is 0 Å². The molecule has 0 saturated carbocycles. The van der Waals surface area contributed by atoms with Gasteiger partial charge in [-0.15, -0.1) is 0 Å². The number of rotatable bonds is 7. The molecule has 0 spiro atoms. The van der Waals surface area contributed by atoms with Crippen LogP contribution in [0.5, 0.6) is 0 Å². The van der Waals surface area contributed by atoms with E-state index >= 15 is 0 Å². The number of nitrogens with zero attached hydrogens (tertiary/aromatic N) is 1. The number of aromatic amines is 1. The number of hydrogen-bond donors (Lipinski definition) is 1. The maximum Gasteiger partial charge on any atom is 0.243 e. The van der Waals surface area contributed by atoms with Crippen LogP contribution < -0.4 is 0 Å². The summed E-state index contributed by atoms with van der Waals surface area (Å²) in [7, 11) is -3.42. The lowest BCUT2D eigenvalue weighted by molar-refractivity contribution is 0.320. The Morgan fingerprint density at radius 1 is 1.03 bits per heavy atom. The van der Waals surface area contributed by atoms with Gasteiger partial charge in [-0.05, 0) is 73.9 Å². The first-order valence-electron chi connectivity index (χ1n) is 11.2. The fraction of sp³-hybridized carbons (Fsp3) is 0.440. The van der Waals surface area contributed by atoms with Gasteiger partial charge in [-0.25, -0.2) is 8.42 Å². The summed E-state index contributed by atoms with van der Waals surface area (Å²) in [6.07, 6.45) is 8.40. The van der Waals surface area contributed by atoms with Crippen LogP contribution in [0.15, 0.2) is 53.6 Å². The van der Waals surface area contributed by atoms with Crippen molar-refractivity contribution in [2.45, 2.75) is 63.2 Å². The molecule has 0 aliphatic carbocycles. The molecule has 0 radical (unpaired) electrons. The van der Waals surface area contributed by atoms with Crippen molar-refractivity contribution in [3.8, 4) is 0 Å². The van der Waals surface area contributed by atoms with Crippen LogP contribution in [0.3, 0.4) is 0 Å². The number of benzene rings is 2. The van der Waals surface area contributed by atoms with Crippen molar-refractivity contribution in [3.05, 3.63) is 65.4 Å². The SMILES string of the molecule is CCCCCc1ccc(S(=O)(=O)N2CCC(c3c[nH]c4ccc(C)cc34)CC2)cc1. The fourth-order valence-corrected chi connectivity index (χ4v) is 6.03. The summed E-state index contributed by atoms with van der Waals surface area (Å²) >= 11 is 0. The van der Waals surface area contributed by atoms with Gasteiger partial charge in [0.25, 0.3) is 0 Å². The van der Waals surface area contributed by atoms with Gasteiger partial charge in [0.2, 0.25) is 10.0 Å². The highest BCUT2D eigenvalue weighted by Gasteiger charge is 2.30. The summed E-state index contributed by atoms with van der Waals surface area (Å²) in [4.78, 5) is 3.79. The largest absolute Gasteiger partial charge is 0.361 e. The van der Waals surface area contributed by atoms with Crippen molar-refractivity contribution in [3.63, 3.8) is 0 Å². The predicted molar refractivity (Wildman–Crippen MR) is 123 cm³/mol. The van der Waals surface area contributed by atoms with Crippen LogP contribution >= 0.6 is 0 Å². The Balaban J connectivity index is 1.43. The van der Waals surface area contributed by atoms with Gasteiger partial charge in [-0.2, -0.15) is 4.31 Å². The van der Waals surface area contributed by atoms with Gasteiger partial charge in [0, 0.05) is 30.2 Å². The maximum absolute atomic E-state index is 13.1. The van der Waals surface area contributed by atoms with Crippen molar-refractivity contribution < 1.29 is 8.42 Å². The number of hydrogen-bond acceptors (Lipinski definition) is 2. The molecular weight excluding hydrogens is 392 g/mol. The normalized spacial score (nSPS) is 16.3. The predicted octanol–water partition coefficient (Wildman–Crippen LogP) is 5.78. The van der Waals surface area contributed by atoms with Crippen molar-refractivity contribution in [1.29, 1.82) is 0 Å². The van der Waals surface area contributed by atoms with Gasteiger partial charge in [-0.1, -0.05) is 43.5 Å².